The summed E-state index contributed by atoms with van der Waals surface area (Å²) in [5, 5.41) is 0. The van der Waals surface area contributed by atoms with Crippen LogP contribution in [0.3, 0.4) is 0 Å². The summed E-state index contributed by atoms with van der Waals surface area (Å²) in [6.07, 6.45) is 2.31. The Morgan fingerprint density at radius 2 is 1.52 bits per heavy atom. The molecule has 0 spiro atoms. The van der Waals surface area contributed by atoms with E-state index in [0.29, 0.717) is 17.2 Å². The second-order valence-corrected chi connectivity index (χ2v) is 5.25. The lowest BCUT2D eigenvalue weighted by Gasteiger charge is -2.12. The second-order valence-electron chi connectivity index (χ2n) is 5.25. The highest BCUT2D eigenvalue weighted by Crippen LogP contribution is 2.36. The van der Waals surface area contributed by atoms with Gasteiger partial charge < -0.3 is 19.9 Å². The van der Waals surface area contributed by atoms with Gasteiger partial charge in [-0.1, -0.05) is 31.2 Å². The molecular formula is C19H19N3O3. The molecule has 0 atom stereocenters. The first-order chi connectivity index (χ1) is 12.2. The summed E-state index contributed by atoms with van der Waals surface area (Å²) in [5.74, 6) is 2.18. The maximum atomic E-state index is 6.11. The lowest BCUT2D eigenvalue weighted by Crippen LogP contribution is -2.01. The smallest absolute Gasteiger partial charge is 0.250 e. The number of methoxy groups -OCH3 is 1. The molecule has 1 aromatic heterocycles. The van der Waals surface area contributed by atoms with E-state index in [1.165, 1.54) is 11.9 Å². The van der Waals surface area contributed by atoms with Gasteiger partial charge in [0.1, 0.15) is 12.1 Å². The van der Waals surface area contributed by atoms with E-state index in [0.717, 1.165) is 6.42 Å². The monoisotopic (exact) mass is 337 g/mol. The first-order valence-electron chi connectivity index (χ1n) is 7.89. The maximum Gasteiger partial charge on any atom is 0.250 e. The van der Waals surface area contributed by atoms with Crippen molar-refractivity contribution >= 4 is 5.69 Å². The Labute approximate surface area is 146 Å². The number of aryl methyl sites for hydroxylation is 1. The number of hydrogen-bond acceptors (Lipinski definition) is 6. The van der Waals surface area contributed by atoms with Crippen LogP contribution in [-0.4, -0.2) is 17.1 Å². The molecular weight excluding hydrogens is 318 g/mol. The van der Waals surface area contributed by atoms with Gasteiger partial charge in [0.05, 0.1) is 7.11 Å². The van der Waals surface area contributed by atoms with Gasteiger partial charge in [0.25, 0.3) is 0 Å². The van der Waals surface area contributed by atoms with Crippen LogP contribution in [0.4, 0.5) is 5.69 Å². The lowest BCUT2D eigenvalue weighted by atomic mass is 10.2. The van der Waals surface area contributed by atoms with Gasteiger partial charge in [-0.2, -0.15) is 9.97 Å². The van der Waals surface area contributed by atoms with Crippen LogP contribution in [0.1, 0.15) is 12.5 Å². The molecule has 3 aromatic rings. The third kappa shape index (κ3) is 3.80. The van der Waals surface area contributed by atoms with Crippen molar-refractivity contribution in [2.45, 2.75) is 13.3 Å². The number of hydrogen-bond donors (Lipinski definition) is 1. The van der Waals surface area contributed by atoms with Crippen molar-refractivity contribution in [2.75, 3.05) is 12.8 Å². The number of nitrogen functional groups attached to an aromatic ring is 1. The molecule has 0 amide bonds. The summed E-state index contributed by atoms with van der Waals surface area (Å²) in [7, 11) is 1.57. The molecule has 0 unspecified atom stereocenters. The SMILES string of the molecule is CCc1ccc(Oc2ncnc(Oc3ccccc3OC)c2N)cc1. The van der Waals surface area contributed by atoms with Crippen molar-refractivity contribution in [1.29, 1.82) is 0 Å². The first kappa shape index (κ1) is 16.6. The number of aromatic nitrogens is 2. The van der Waals surface area contributed by atoms with Crippen LogP contribution in [0.25, 0.3) is 0 Å². The second kappa shape index (κ2) is 7.53. The Kier molecular flexibility index (Phi) is 4.99. The molecule has 0 saturated heterocycles. The van der Waals surface area contributed by atoms with Gasteiger partial charge in [-0.05, 0) is 36.2 Å². The fourth-order valence-electron chi connectivity index (χ4n) is 2.24. The molecule has 2 N–H and O–H groups in total. The van der Waals surface area contributed by atoms with Gasteiger partial charge in [0.15, 0.2) is 17.2 Å². The molecule has 0 aliphatic heterocycles. The zero-order valence-corrected chi connectivity index (χ0v) is 14.1. The topological polar surface area (TPSA) is 79.5 Å². The van der Waals surface area contributed by atoms with Gasteiger partial charge in [0.2, 0.25) is 11.8 Å². The highest BCUT2D eigenvalue weighted by molar-refractivity contribution is 5.58. The van der Waals surface area contributed by atoms with E-state index in [1.807, 2.05) is 36.4 Å². The van der Waals surface area contributed by atoms with Crippen molar-refractivity contribution < 1.29 is 14.2 Å². The molecule has 0 saturated carbocycles. The summed E-state index contributed by atoms with van der Waals surface area (Å²) < 4.78 is 16.8. The van der Waals surface area contributed by atoms with Crippen LogP contribution in [0.2, 0.25) is 0 Å². The van der Waals surface area contributed by atoms with Crippen molar-refractivity contribution in [3.8, 4) is 29.0 Å². The first-order valence-corrected chi connectivity index (χ1v) is 7.89. The number of nitrogens with zero attached hydrogens (tertiary/aromatic N) is 2. The Morgan fingerprint density at radius 1 is 0.880 bits per heavy atom. The molecule has 1 heterocycles. The molecule has 0 aliphatic rings. The summed E-state index contributed by atoms with van der Waals surface area (Å²) in [6, 6.07) is 15.0. The van der Waals surface area contributed by atoms with Crippen LogP contribution in [-0.2, 0) is 6.42 Å². The Balaban J connectivity index is 1.84. The number of para-hydroxylation sites is 2. The van der Waals surface area contributed by atoms with Gasteiger partial charge in [-0.3, -0.25) is 0 Å². The predicted octanol–water partition coefficient (Wildman–Crippen LogP) is 4.21. The Morgan fingerprint density at radius 3 is 2.16 bits per heavy atom. The fraction of sp³-hybridized carbons (Fsp3) is 0.158. The van der Waals surface area contributed by atoms with E-state index in [4.69, 9.17) is 19.9 Å². The number of benzene rings is 2. The minimum atomic E-state index is 0.208. The molecule has 128 valence electrons. The molecule has 3 rings (SSSR count). The van der Waals surface area contributed by atoms with Crippen LogP contribution in [0, 0.1) is 0 Å². The largest absolute Gasteiger partial charge is 0.493 e. The van der Waals surface area contributed by atoms with E-state index < -0.39 is 0 Å². The Bertz CT molecular complexity index is 851. The molecule has 25 heavy (non-hydrogen) atoms. The summed E-state index contributed by atoms with van der Waals surface area (Å²) in [5.41, 5.74) is 7.55. The van der Waals surface area contributed by atoms with Gasteiger partial charge in [-0.15, -0.1) is 0 Å². The van der Waals surface area contributed by atoms with Crippen molar-refractivity contribution in [3.05, 3.63) is 60.4 Å². The minimum Gasteiger partial charge on any atom is -0.493 e. The average Bonchev–Trinajstić information content (AvgIpc) is 2.66. The van der Waals surface area contributed by atoms with Crippen LogP contribution < -0.4 is 19.9 Å². The van der Waals surface area contributed by atoms with Crippen molar-refractivity contribution in [2.24, 2.45) is 0 Å². The number of nitrogens with two attached hydrogens (primary N) is 1. The van der Waals surface area contributed by atoms with E-state index >= 15 is 0 Å². The quantitative estimate of drug-likeness (QED) is 0.725. The normalized spacial score (nSPS) is 10.3. The van der Waals surface area contributed by atoms with E-state index in [2.05, 4.69) is 16.9 Å². The number of anilines is 1. The standard InChI is InChI=1S/C19H19N3O3/c1-3-13-8-10-14(11-9-13)24-18-17(20)19(22-12-21-18)25-16-7-5-4-6-15(16)23-2/h4-12H,3,20H2,1-2H3. The van der Waals surface area contributed by atoms with Crippen LogP contribution in [0.15, 0.2) is 54.9 Å². The predicted molar refractivity (Wildman–Crippen MR) is 95.4 cm³/mol. The molecule has 0 fully saturated rings. The molecule has 0 aliphatic carbocycles. The van der Waals surface area contributed by atoms with Crippen molar-refractivity contribution in [1.82, 2.24) is 9.97 Å². The molecule has 0 radical (unpaired) electrons. The minimum absolute atomic E-state index is 0.208. The van der Waals surface area contributed by atoms with E-state index in [-0.39, 0.29) is 17.4 Å². The zero-order chi connectivity index (χ0) is 17.6. The van der Waals surface area contributed by atoms with Crippen LogP contribution >= 0.6 is 0 Å². The van der Waals surface area contributed by atoms with Gasteiger partial charge in [0, 0.05) is 0 Å². The maximum absolute atomic E-state index is 6.11. The summed E-state index contributed by atoms with van der Waals surface area (Å²) in [6.45, 7) is 2.10. The lowest BCUT2D eigenvalue weighted by molar-refractivity contribution is 0.373. The molecule has 6 heteroatoms. The molecule has 2 aromatic carbocycles. The third-order valence-electron chi connectivity index (χ3n) is 3.63. The zero-order valence-electron chi connectivity index (χ0n) is 14.1. The van der Waals surface area contributed by atoms with E-state index in [9.17, 15) is 0 Å². The van der Waals surface area contributed by atoms with Gasteiger partial charge >= 0.3 is 0 Å². The molecule has 0 bridgehead atoms. The highest BCUT2D eigenvalue weighted by atomic mass is 16.5. The fourth-order valence-corrected chi connectivity index (χ4v) is 2.24. The number of rotatable bonds is 6. The number of ether oxygens (including phenoxy) is 3. The van der Waals surface area contributed by atoms with Crippen molar-refractivity contribution in [3.63, 3.8) is 0 Å². The average molecular weight is 337 g/mol. The molecule has 6 nitrogen and oxygen atoms in total. The van der Waals surface area contributed by atoms with Crippen LogP contribution in [0.5, 0.6) is 29.0 Å². The summed E-state index contributed by atoms with van der Waals surface area (Å²) >= 11 is 0. The summed E-state index contributed by atoms with van der Waals surface area (Å²) in [4.78, 5) is 8.18. The Hall–Kier alpha value is -3.28. The van der Waals surface area contributed by atoms with Gasteiger partial charge in [-0.25, -0.2) is 0 Å². The highest BCUT2D eigenvalue weighted by Gasteiger charge is 2.14. The van der Waals surface area contributed by atoms with E-state index in [1.54, 1.807) is 19.2 Å². The third-order valence-corrected chi connectivity index (χ3v) is 3.63.